The number of aromatic nitrogens is 3. The van der Waals surface area contributed by atoms with Gasteiger partial charge in [-0.05, 0) is 55.7 Å². The van der Waals surface area contributed by atoms with E-state index in [1.807, 2.05) is 37.3 Å². The normalized spacial score (nSPS) is 12.8. The van der Waals surface area contributed by atoms with E-state index in [0.717, 1.165) is 34.3 Å². The Morgan fingerprint density at radius 2 is 1.72 bits per heavy atom. The molecule has 0 aliphatic heterocycles. The molecule has 1 atom stereocenters. The van der Waals surface area contributed by atoms with Crippen LogP contribution in [0.4, 0.5) is 5.69 Å². The summed E-state index contributed by atoms with van der Waals surface area (Å²) in [5.74, 6) is 0.779. The Balaban J connectivity index is 2.02. The van der Waals surface area contributed by atoms with Gasteiger partial charge in [-0.1, -0.05) is 30.3 Å². The molecule has 2 heterocycles. The van der Waals surface area contributed by atoms with Crippen molar-refractivity contribution >= 4 is 26.7 Å². The molecule has 0 spiro atoms. The van der Waals surface area contributed by atoms with Crippen LogP contribution in [0.15, 0.2) is 59.5 Å². The first-order chi connectivity index (χ1) is 15.0. The van der Waals surface area contributed by atoms with Crippen molar-refractivity contribution in [2.24, 2.45) is 7.05 Å². The van der Waals surface area contributed by atoms with Crippen LogP contribution in [0.25, 0.3) is 22.2 Å². The number of pyridine rings is 1. The van der Waals surface area contributed by atoms with E-state index in [-0.39, 0.29) is 11.6 Å². The molecule has 0 fully saturated rings. The topological polar surface area (TPSA) is 86.0 Å². The van der Waals surface area contributed by atoms with Crippen LogP contribution < -0.4 is 10.3 Å². The van der Waals surface area contributed by atoms with E-state index in [4.69, 9.17) is 4.98 Å². The fraction of sp³-hybridized carbons (Fsp3) is 0.250. The van der Waals surface area contributed by atoms with Crippen LogP contribution >= 0.6 is 0 Å². The van der Waals surface area contributed by atoms with Gasteiger partial charge < -0.3 is 9.13 Å². The molecular weight excluding hydrogens is 424 g/mol. The highest BCUT2D eigenvalue weighted by atomic mass is 32.2. The lowest BCUT2D eigenvalue weighted by Gasteiger charge is -2.18. The van der Waals surface area contributed by atoms with Gasteiger partial charge in [0.1, 0.15) is 11.3 Å². The van der Waals surface area contributed by atoms with E-state index in [0.29, 0.717) is 16.8 Å². The molecule has 4 rings (SSSR count). The number of aryl methyl sites for hydroxylation is 3. The maximum atomic E-state index is 12.2. The molecule has 0 bridgehead atoms. The minimum absolute atomic E-state index is 0.00982. The molecule has 0 aliphatic carbocycles. The average Bonchev–Trinajstić information content (AvgIpc) is 3.06. The number of hydrogen-bond acceptors (Lipinski definition) is 4. The van der Waals surface area contributed by atoms with Gasteiger partial charge in [-0.2, -0.15) is 0 Å². The second kappa shape index (κ2) is 7.94. The minimum atomic E-state index is -3.52. The molecule has 0 unspecified atom stereocenters. The second-order valence-corrected chi connectivity index (χ2v) is 9.96. The average molecular weight is 451 g/mol. The number of fused-ring (bicyclic) bond motifs is 1. The number of nitrogens with zero attached hydrogens (tertiary/aromatic N) is 3. The second-order valence-electron chi connectivity index (χ2n) is 8.21. The third kappa shape index (κ3) is 4.05. The molecule has 2 aromatic carbocycles. The number of benzene rings is 2. The Labute approximate surface area is 187 Å². The number of imidazole rings is 1. The number of rotatable bonds is 5. The van der Waals surface area contributed by atoms with Crippen molar-refractivity contribution in [3.8, 4) is 11.1 Å². The number of sulfonamides is 1. The van der Waals surface area contributed by atoms with E-state index in [2.05, 4.69) is 28.3 Å². The van der Waals surface area contributed by atoms with E-state index in [1.165, 1.54) is 4.57 Å². The van der Waals surface area contributed by atoms with Gasteiger partial charge in [0.15, 0.2) is 0 Å². The van der Waals surface area contributed by atoms with Crippen molar-refractivity contribution in [1.29, 1.82) is 0 Å². The lowest BCUT2D eigenvalue weighted by molar-refractivity contribution is 0.607. The van der Waals surface area contributed by atoms with Gasteiger partial charge in [0.2, 0.25) is 10.0 Å². The quantitative estimate of drug-likeness (QED) is 0.498. The fourth-order valence-electron chi connectivity index (χ4n) is 4.16. The van der Waals surface area contributed by atoms with E-state index in [9.17, 15) is 13.2 Å². The van der Waals surface area contributed by atoms with Gasteiger partial charge in [-0.3, -0.25) is 9.52 Å². The fourth-order valence-corrected chi connectivity index (χ4v) is 4.71. The van der Waals surface area contributed by atoms with Crippen LogP contribution in [-0.2, 0) is 17.1 Å². The lowest BCUT2D eigenvalue weighted by Crippen LogP contribution is -2.18. The third-order valence-electron chi connectivity index (χ3n) is 5.63. The third-order valence-corrected chi connectivity index (χ3v) is 6.22. The molecular formula is C24H26N4O3S. The highest BCUT2D eigenvalue weighted by Crippen LogP contribution is 2.34. The number of anilines is 1. The van der Waals surface area contributed by atoms with Gasteiger partial charge in [-0.15, -0.1) is 0 Å². The highest BCUT2D eigenvalue weighted by molar-refractivity contribution is 7.92. The predicted octanol–water partition coefficient (Wildman–Crippen LogP) is 4.00. The molecule has 1 N–H and O–H groups in total. The molecule has 32 heavy (non-hydrogen) atoms. The summed E-state index contributed by atoms with van der Waals surface area (Å²) in [6.45, 7) is 5.78. The maximum absolute atomic E-state index is 12.2. The Morgan fingerprint density at radius 1 is 1.03 bits per heavy atom. The molecule has 8 heteroatoms. The zero-order chi connectivity index (χ0) is 23.2. The first-order valence-electron chi connectivity index (χ1n) is 10.3. The largest absolute Gasteiger partial charge is 0.321 e. The molecule has 0 aliphatic rings. The Morgan fingerprint density at radius 3 is 2.34 bits per heavy atom. The Bertz CT molecular complexity index is 1460. The van der Waals surface area contributed by atoms with Crippen LogP contribution in [0.2, 0.25) is 0 Å². The van der Waals surface area contributed by atoms with Crippen molar-refractivity contribution in [2.75, 3.05) is 11.0 Å². The molecule has 7 nitrogen and oxygen atoms in total. The van der Waals surface area contributed by atoms with Crippen molar-refractivity contribution in [3.63, 3.8) is 0 Å². The lowest BCUT2D eigenvalue weighted by atomic mass is 10.0. The summed E-state index contributed by atoms with van der Waals surface area (Å²) in [6, 6.07) is 15.7. The van der Waals surface area contributed by atoms with E-state index < -0.39 is 10.0 Å². The van der Waals surface area contributed by atoms with E-state index >= 15 is 0 Å². The van der Waals surface area contributed by atoms with Crippen molar-refractivity contribution < 1.29 is 8.42 Å². The molecule has 2 aromatic heterocycles. The van der Waals surface area contributed by atoms with Crippen LogP contribution in [0.3, 0.4) is 0 Å². The zero-order valence-corrected chi connectivity index (χ0v) is 19.6. The van der Waals surface area contributed by atoms with Crippen LogP contribution in [0.1, 0.15) is 29.9 Å². The first-order valence-corrected chi connectivity index (χ1v) is 12.2. The molecule has 0 saturated heterocycles. The number of hydrogen-bond donors (Lipinski definition) is 1. The smallest absolute Gasteiger partial charge is 0.253 e. The standard InChI is InChI=1S/C24H26N4O3S/c1-15-11-20(14-27(4)24(15)29)19-12-21(26-32(5,30)31)23-22(13-19)28(17(3)25-23)16(2)18-9-7-6-8-10-18/h6-14,16,26H,1-5H3/t16-/m0/s1. The SMILES string of the molecule is Cc1cc(-c2cc(NS(C)(=O)=O)c3nc(C)n([C@@H](C)c4ccccc4)c3c2)cn(C)c1=O. The van der Waals surface area contributed by atoms with Crippen LogP contribution in [0.5, 0.6) is 0 Å². The Kier molecular flexibility index (Phi) is 5.42. The summed E-state index contributed by atoms with van der Waals surface area (Å²) in [5.41, 5.74) is 5.09. The molecule has 0 saturated carbocycles. The van der Waals surface area contributed by atoms with Crippen LogP contribution in [-0.4, -0.2) is 28.8 Å². The summed E-state index contributed by atoms with van der Waals surface area (Å²) in [5, 5.41) is 0. The zero-order valence-electron chi connectivity index (χ0n) is 18.7. The molecule has 0 radical (unpaired) electrons. The first kappa shape index (κ1) is 21.8. The highest BCUT2D eigenvalue weighted by Gasteiger charge is 2.20. The van der Waals surface area contributed by atoms with Gasteiger partial charge in [0, 0.05) is 18.8 Å². The predicted molar refractivity (Wildman–Crippen MR) is 129 cm³/mol. The summed E-state index contributed by atoms with van der Waals surface area (Å²) in [7, 11) is -1.81. The summed E-state index contributed by atoms with van der Waals surface area (Å²) >= 11 is 0. The van der Waals surface area contributed by atoms with Crippen molar-refractivity contribution in [3.05, 3.63) is 82.0 Å². The molecule has 4 aromatic rings. The molecule has 0 amide bonds. The van der Waals surface area contributed by atoms with Gasteiger partial charge in [0.05, 0.1) is 23.5 Å². The minimum Gasteiger partial charge on any atom is -0.321 e. The summed E-state index contributed by atoms with van der Waals surface area (Å²) in [4.78, 5) is 16.9. The van der Waals surface area contributed by atoms with Gasteiger partial charge in [-0.25, -0.2) is 13.4 Å². The maximum Gasteiger partial charge on any atom is 0.253 e. The summed E-state index contributed by atoms with van der Waals surface area (Å²) < 4.78 is 30.5. The van der Waals surface area contributed by atoms with Gasteiger partial charge in [0.25, 0.3) is 5.56 Å². The molecule has 166 valence electrons. The summed E-state index contributed by atoms with van der Waals surface area (Å²) in [6.07, 6.45) is 2.88. The van der Waals surface area contributed by atoms with Crippen LogP contribution in [0, 0.1) is 13.8 Å². The monoisotopic (exact) mass is 450 g/mol. The van der Waals surface area contributed by atoms with Gasteiger partial charge >= 0.3 is 0 Å². The van der Waals surface area contributed by atoms with Crippen molar-refractivity contribution in [1.82, 2.24) is 14.1 Å². The van der Waals surface area contributed by atoms with E-state index in [1.54, 1.807) is 26.2 Å². The number of nitrogens with one attached hydrogen (secondary N) is 1. The van der Waals surface area contributed by atoms with Crippen molar-refractivity contribution in [2.45, 2.75) is 26.8 Å². The Hall–Kier alpha value is -3.39.